The van der Waals surface area contributed by atoms with Crippen LogP contribution in [0.25, 0.3) is 11.3 Å². The van der Waals surface area contributed by atoms with Crippen LogP contribution in [0.15, 0.2) is 54.9 Å². The van der Waals surface area contributed by atoms with Crippen molar-refractivity contribution in [2.45, 2.75) is 31.1 Å². The van der Waals surface area contributed by atoms with Gasteiger partial charge in [-0.2, -0.15) is 13.2 Å². The Morgan fingerprint density at radius 1 is 0.906 bits per heavy atom. The van der Waals surface area contributed by atoms with Crippen LogP contribution >= 0.6 is 11.6 Å². The minimum absolute atomic E-state index is 0.394. The van der Waals surface area contributed by atoms with Crippen LogP contribution in [0.4, 0.5) is 18.9 Å². The largest absolute Gasteiger partial charge is 0.417 e. The molecule has 0 aliphatic carbocycles. The van der Waals surface area contributed by atoms with Crippen molar-refractivity contribution in [1.29, 1.82) is 0 Å². The first-order chi connectivity index (χ1) is 15.2. The second kappa shape index (κ2) is 9.05. The minimum atomic E-state index is -4.52. The summed E-state index contributed by atoms with van der Waals surface area (Å²) in [6, 6.07) is 12.0. The summed E-state index contributed by atoms with van der Waals surface area (Å²) in [5, 5.41) is -0.394. The second-order valence-electron chi connectivity index (χ2n) is 7.86. The van der Waals surface area contributed by atoms with Gasteiger partial charge >= 0.3 is 6.18 Å². The zero-order chi connectivity index (χ0) is 22.9. The van der Waals surface area contributed by atoms with E-state index >= 15 is 0 Å². The Kier molecular flexibility index (Phi) is 6.37. The van der Waals surface area contributed by atoms with Gasteiger partial charge in [0.15, 0.2) is 0 Å². The van der Waals surface area contributed by atoms with Gasteiger partial charge in [0, 0.05) is 24.3 Å². The van der Waals surface area contributed by atoms with Crippen LogP contribution < -0.4 is 16.4 Å². The Hall–Kier alpha value is -2.68. The van der Waals surface area contributed by atoms with Crippen LogP contribution in [0.5, 0.6) is 0 Å². The number of halogens is 4. The first kappa shape index (κ1) is 22.5. The fraction of sp³-hybridized carbons (Fsp3) is 0.304. The van der Waals surface area contributed by atoms with Crippen molar-refractivity contribution in [3.8, 4) is 11.3 Å². The van der Waals surface area contributed by atoms with Gasteiger partial charge in [-0.3, -0.25) is 0 Å². The van der Waals surface area contributed by atoms with Crippen molar-refractivity contribution >= 4 is 17.3 Å². The number of benzene rings is 2. The maximum atomic E-state index is 13.0. The van der Waals surface area contributed by atoms with Gasteiger partial charge in [-0.05, 0) is 48.7 Å². The summed E-state index contributed by atoms with van der Waals surface area (Å²) >= 11 is 5.85. The molecule has 4 rings (SSSR count). The summed E-state index contributed by atoms with van der Waals surface area (Å²) in [6.07, 6.45) is -0.802. The van der Waals surface area contributed by atoms with Crippen molar-refractivity contribution in [3.05, 3.63) is 76.7 Å². The van der Waals surface area contributed by atoms with Crippen molar-refractivity contribution in [2.24, 2.45) is 11.5 Å². The van der Waals surface area contributed by atoms with E-state index in [0.717, 1.165) is 30.4 Å². The average Bonchev–Trinajstić information content (AvgIpc) is 3.32. The molecule has 0 saturated carbocycles. The number of rotatable bonds is 5. The maximum absolute atomic E-state index is 13.0. The summed E-state index contributed by atoms with van der Waals surface area (Å²) in [5.74, 6) is 0. The van der Waals surface area contributed by atoms with Crippen LogP contribution in [-0.4, -0.2) is 23.1 Å². The standard InChI is InChI=1S/C23H23ClF3N5/c24-18-11-15(5-8-17(18)23(25,26)27)19-12-20(31-13-30-19)22(29)21(28)14-3-6-16(7-4-14)32-9-1-2-10-32/h3-8,11-13,21-22H,1-2,9-10,28-29H2. The highest BCUT2D eigenvalue weighted by Crippen LogP contribution is 2.37. The lowest BCUT2D eigenvalue weighted by atomic mass is 9.97. The fourth-order valence-electron chi connectivity index (χ4n) is 3.89. The lowest BCUT2D eigenvalue weighted by Crippen LogP contribution is -2.27. The highest BCUT2D eigenvalue weighted by atomic mass is 35.5. The lowest BCUT2D eigenvalue weighted by Gasteiger charge is -2.22. The van der Waals surface area contributed by atoms with Gasteiger partial charge in [0.2, 0.25) is 0 Å². The number of nitrogens with two attached hydrogens (primary N) is 2. The highest BCUT2D eigenvalue weighted by Gasteiger charge is 2.33. The monoisotopic (exact) mass is 461 g/mol. The Bertz CT molecular complexity index is 1080. The van der Waals surface area contributed by atoms with E-state index in [0.29, 0.717) is 17.0 Å². The molecule has 168 valence electrons. The summed E-state index contributed by atoms with van der Waals surface area (Å²) in [5.41, 5.74) is 15.3. The molecular weight excluding hydrogens is 439 g/mol. The second-order valence-corrected chi connectivity index (χ2v) is 8.26. The van der Waals surface area contributed by atoms with E-state index in [1.165, 1.54) is 31.3 Å². The van der Waals surface area contributed by atoms with Gasteiger partial charge in [0.05, 0.1) is 34.1 Å². The molecule has 4 N–H and O–H groups in total. The van der Waals surface area contributed by atoms with Crippen LogP contribution in [0, 0.1) is 0 Å². The number of nitrogens with zero attached hydrogens (tertiary/aromatic N) is 3. The Morgan fingerprint density at radius 3 is 2.22 bits per heavy atom. The summed E-state index contributed by atoms with van der Waals surface area (Å²) in [4.78, 5) is 10.7. The van der Waals surface area contributed by atoms with Crippen LogP contribution in [0.2, 0.25) is 5.02 Å². The molecule has 1 aromatic heterocycles. The quantitative estimate of drug-likeness (QED) is 0.551. The molecule has 9 heteroatoms. The van der Waals surface area contributed by atoms with Gasteiger partial charge < -0.3 is 16.4 Å². The number of anilines is 1. The zero-order valence-corrected chi connectivity index (χ0v) is 17.9. The molecule has 5 nitrogen and oxygen atoms in total. The molecule has 2 unspecified atom stereocenters. The van der Waals surface area contributed by atoms with E-state index in [1.807, 2.05) is 24.3 Å². The number of alkyl halides is 3. The molecule has 32 heavy (non-hydrogen) atoms. The van der Waals surface area contributed by atoms with Gasteiger partial charge in [-0.25, -0.2) is 9.97 Å². The van der Waals surface area contributed by atoms with Crippen molar-refractivity contribution in [1.82, 2.24) is 9.97 Å². The first-order valence-electron chi connectivity index (χ1n) is 10.3. The molecule has 3 aromatic rings. The van der Waals surface area contributed by atoms with Crippen LogP contribution in [-0.2, 0) is 6.18 Å². The predicted molar refractivity (Wildman–Crippen MR) is 119 cm³/mol. The average molecular weight is 462 g/mol. The normalized spacial score (nSPS) is 16.2. The molecule has 2 heterocycles. The molecule has 2 atom stereocenters. The highest BCUT2D eigenvalue weighted by molar-refractivity contribution is 6.31. The first-order valence-corrected chi connectivity index (χ1v) is 10.7. The van der Waals surface area contributed by atoms with E-state index in [9.17, 15) is 13.2 Å². The van der Waals surface area contributed by atoms with Crippen molar-refractivity contribution < 1.29 is 13.2 Å². The summed E-state index contributed by atoms with van der Waals surface area (Å²) in [6.45, 7) is 2.12. The third kappa shape index (κ3) is 4.72. The SMILES string of the molecule is NC(c1ccc(N2CCCC2)cc1)C(N)c1cc(-c2ccc(C(F)(F)F)c(Cl)c2)ncn1. The molecule has 1 aliphatic heterocycles. The fourth-order valence-corrected chi connectivity index (χ4v) is 4.18. The third-order valence-corrected chi connectivity index (χ3v) is 6.05. The molecule has 1 saturated heterocycles. The maximum Gasteiger partial charge on any atom is 0.417 e. The Morgan fingerprint density at radius 2 is 1.59 bits per heavy atom. The molecule has 1 aliphatic rings. The topological polar surface area (TPSA) is 81.1 Å². The predicted octanol–water partition coefficient (Wildman–Crippen LogP) is 5.12. The Balaban J connectivity index is 1.54. The Labute approximate surface area is 189 Å². The van der Waals surface area contributed by atoms with Gasteiger partial charge in [0.1, 0.15) is 6.33 Å². The molecular formula is C23H23ClF3N5. The van der Waals surface area contributed by atoms with Gasteiger partial charge in [-0.1, -0.05) is 29.8 Å². The molecule has 2 aromatic carbocycles. The summed E-state index contributed by atoms with van der Waals surface area (Å²) in [7, 11) is 0. The van der Waals surface area contributed by atoms with E-state index in [2.05, 4.69) is 14.9 Å². The smallest absolute Gasteiger partial charge is 0.372 e. The third-order valence-electron chi connectivity index (χ3n) is 5.74. The van der Waals surface area contributed by atoms with Crippen molar-refractivity contribution in [3.63, 3.8) is 0 Å². The number of hydrogen-bond acceptors (Lipinski definition) is 5. The number of aromatic nitrogens is 2. The van der Waals surface area contributed by atoms with E-state index < -0.39 is 28.8 Å². The number of hydrogen-bond donors (Lipinski definition) is 2. The zero-order valence-electron chi connectivity index (χ0n) is 17.2. The van der Waals surface area contributed by atoms with E-state index in [1.54, 1.807) is 6.07 Å². The molecule has 0 spiro atoms. The van der Waals surface area contributed by atoms with E-state index in [4.69, 9.17) is 23.1 Å². The summed E-state index contributed by atoms with van der Waals surface area (Å²) < 4.78 is 38.9. The molecule has 1 fully saturated rings. The van der Waals surface area contributed by atoms with E-state index in [-0.39, 0.29) is 0 Å². The van der Waals surface area contributed by atoms with Crippen LogP contribution in [0.1, 0.15) is 41.7 Å². The van der Waals surface area contributed by atoms with Crippen LogP contribution in [0.3, 0.4) is 0 Å². The molecule has 0 amide bonds. The lowest BCUT2D eigenvalue weighted by molar-refractivity contribution is -0.137. The van der Waals surface area contributed by atoms with Crippen molar-refractivity contribution in [2.75, 3.05) is 18.0 Å². The van der Waals surface area contributed by atoms with Gasteiger partial charge in [0.25, 0.3) is 0 Å². The van der Waals surface area contributed by atoms with Gasteiger partial charge in [-0.15, -0.1) is 0 Å². The minimum Gasteiger partial charge on any atom is -0.372 e. The molecule has 0 radical (unpaired) electrons. The molecule has 0 bridgehead atoms.